The second-order valence-corrected chi connectivity index (χ2v) is 7.92. The lowest BCUT2D eigenvalue weighted by molar-refractivity contribution is -0.177. The molecule has 2 aromatic rings. The molecule has 152 valence electrons. The Balaban J connectivity index is 2.32. The Kier molecular flexibility index (Phi) is 4.87. The minimum atomic E-state index is -1.18. The Hall–Kier alpha value is -2.61. The van der Waals surface area contributed by atoms with E-state index in [1.807, 2.05) is 0 Å². The smallest absolute Gasteiger partial charge is 0.421 e. The van der Waals surface area contributed by atoms with Gasteiger partial charge < -0.3 is 18.9 Å². The van der Waals surface area contributed by atoms with Crippen molar-refractivity contribution < 1.29 is 32.9 Å². The van der Waals surface area contributed by atoms with Crippen molar-refractivity contribution in [1.29, 1.82) is 0 Å². The van der Waals surface area contributed by atoms with Crippen LogP contribution in [0.25, 0.3) is 10.9 Å². The van der Waals surface area contributed by atoms with Crippen LogP contribution in [0.3, 0.4) is 0 Å². The van der Waals surface area contributed by atoms with Crippen molar-refractivity contribution >= 4 is 23.0 Å². The van der Waals surface area contributed by atoms with Gasteiger partial charge in [-0.25, -0.2) is 13.8 Å². The zero-order chi connectivity index (χ0) is 20.9. The van der Waals surface area contributed by atoms with Gasteiger partial charge in [-0.15, -0.1) is 0 Å². The lowest BCUT2D eigenvalue weighted by atomic mass is 9.89. The number of fused-ring (bicyclic) bond motifs is 3. The van der Waals surface area contributed by atoms with Gasteiger partial charge >= 0.3 is 12.1 Å². The highest BCUT2D eigenvalue weighted by Gasteiger charge is 2.46. The molecule has 28 heavy (non-hydrogen) atoms. The van der Waals surface area contributed by atoms with E-state index >= 15 is 0 Å². The van der Waals surface area contributed by atoms with E-state index in [0.29, 0.717) is 16.5 Å². The van der Waals surface area contributed by atoms with E-state index in [4.69, 9.17) is 18.9 Å². The van der Waals surface area contributed by atoms with Crippen LogP contribution >= 0.6 is 0 Å². The van der Waals surface area contributed by atoms with Gasteiger partial charge in [-0.1, -0.05) is 0 Å². The Labute approximate surface area is 162 Å². The van der Waals surface area contributed by atoms with Crippen molar-refractivity contribution in [3.05, 3.63) is 29.6 Å². The highest BCUT2D eigenvalue weighted by molar-refractivity contribution is 5.99. The SMILES string of the molecule is COC(=O)[C@@H]1C[C@](C)(OC)Oc2c1c1cc(F)ccc1n2C(=O)OC(C)(C)C. The second-order valence-electron chi connectivity index (χ2n) is 7.92. The molecule has 0 fully saturated rings. The van der Waals surface area contributed by atoms with Crippen LogP contribution < -0.4 is 4.74 Å². The van der Waals surface area contributed by atoms with Gasteiger partial charge in [-0.05, 0) is 39.0 Å². The van der Waals surface area contributed by atoms with Gasteiger partial charge in [0.2, 0.25) is 11.7 Å². The fraction of sp³-hybridized carbons (Fsp3) is 0.500. The lowest BCUT2D eigenvalue weighted by Gasteiger charge is -2.36. The van der Waals surface area contributed by atoms with E-state index in [-0.39, 0.29) is 12.3 Å². The molecule has 1 aromatic heterocycles. The van der Waals surface area contributed by atoms with Crippen molar-refractivity contribution in [2.75, 3.05) is 14.2 Å². The van der Waals surface area contributed by atoms with Gasteiger partial charge in [-0.3, -0.25) is 4.79 Å². The molecule has 0 N–H and O–H groups in total. The Morgan fingerprint density at radius 1 is 1.29 bits per heavy atom. The fourth-order valence-electron chi connectivity index (χ4n) is 3.38. The molecule has 0 radical (unpaired) electrons. The molecule has 1 aliphatic heterocycles. The number of hydrogen-bond donors (Lipinski definition) is 0. The number of benzene rings is 1. The maximum Gasteiger partial charge on any atom is 0.421 e. The van der Waals surface area contributed by atoms with Gasteiger partial charge in [0, 0.05) is 31.4 Å². The number of esters is 1. The summed E-state index contributed by atoms with van der Waals surface area (Å²) in [7, 11) is 2.72. The minimum absolute atomic E-state index is 0.0841. The topological polar surface area (TPSA) is 76.0 Å². The third-order valence-corrected chi connectivity index (χ3v) is 4.65. The molecule has 0 amide bonds. The van der Waals surface area contributed by atoms with Gasteiger partial charge in [0.1, 0.15) is 11.4 Å². The van der Waals surface area contributed by atoms with Gasteiger partial charge in [-0.2, -0.15) is 0 Å². The third-order valence-electron chi connectivity index (χ3n) is 4.65. The highest BCUT2D eigenvalue weighted by Crippen LogP contribution is 2.47. The molecule has 0 saturated heterocycles. The van der Waals surface area contributed by atoms with Gasteiger partial charge in [0.05, 0.1) is 18.5 Å². The number of carbonyl (C=O) groups is 2. The van der Waals surface area contributed by atoms with Crippen LogP contribution in [0.1, 0.15) is 45.6 Å². The fourth-order valence-corrected chi connectivity index (χ4v) is 3.38. The molecule has 3 rings (SSSR count). The van der Waals surface area contributed by atoms with E-state index in [0.717, 1.165) is 0 Å². The van der Waals surface area contributed by atoms with Crippen LogP contribution in [0.5, 0.6) is 5.88 Å². The predicted molar refractivity (Wildman–Crippen MR) is 98.9 cm³/mol. The number of rotatable bonds is 2. The van der Waals surface area contributed by atoms with Crippen LogP contribution in [0.4, 0.5) is 9.18 Å². The van der Waals surface area contributed by atoms with Crippen LogP contribution in [0.15, 0.2) is 18.2 Å². The molecule has 1 aromatic carbocycles. The number of aromatic nitrogens is 1. The van der Waals surface area contributed by atoms with Crippen LogP contribution in [-0.2, 0) is 19.0 Å². The summed E-state index contributed by atoms with van der Waals surface area (Å²) < 4.78 is 37.1. The average Bonchev–Trinajstić information content (AvgIpc) is 2.91. The Morgan fingerprint density at radius 2 is 1.96 bits per heavy atom. The number of hydrogen-bond acceptors (Lipinski definition) is 6. The molecule has 2 heterocycles. The number of ether oxygens (including phenoxy) is 4. The molecule has 7 nitrogen and oxygen atoms in total. The zero-order valence-corrected chi connectivity index (χ0v) is 16.8. The average molecular weight is 393 g/mol. The summed E-state index contributed by atoms with van der Waals surface area (Å²) in [5, 5.41) is 0.384. The quantitative estimate of drug-likeness (QED) is 0.719. The van der Waals surface area contributed by atoms with E-state index in [1.54, 1.807) is 27.7 Å². The number of carbonyl (C=O) groups excluding carboxylic acids is 2. The molecule has 1 aliphatic rings. The molecule has 0 spiro atoms. The molecule has 0 saturated carbocycles. The number of halogens is 1. The van der Waals surface area contributed by atoms with Crippen molar-refractivity contribution in [3.8, 4) is 5.88 Å². The zero-order valence-electron chi connectivity index (χ0n) is 16.8. The first-order valence-electron chi connectivity index (χ1n) is 8.89. The molecule has 2 atom stereocenters. The van der Waals surface area contributed by atoms with Crippen molar-refractivity contribution in [1.82, 2.24) is 4.57 Å². The molecule has 0 bridgehead atoms. The molecule has 0 unspecified atom stereocenters. The Bertz CT molecular complexity index is 944. The normalized spacial score (nSPS) is 21.8. The number of methoxy groups -OCH3 is 2. The first-order chi connectivity index (χ1) is 13.0. The summed E-state index contributed by atoms with van der Waals surface area (Å²) in [5.41, 5.74) is -0.0154. The van der Waals surface area contributed by atoms with Crippen molar-refractivity contribution in [2.45, 2.75) is 51.4 Å². The molecule has 0 aliphatic carbocycles. The van der Waals surface area contributed by atoms with Crippen LogP contribution in [0, 0.1) is 5.82 Å². The van der Waals surface area contributed by atoms with Gasteiger partial charge in [0.15, 0.2) is 0 Å². The molecular weight excluding hydrogens is 369 g/mol. The number of nitrogens with zero attached hydrogens (tertiary/aromatic N) is 1. The van der Waals surface area contributed by atoms with Crippen molar-refractivity contribution in [2.24, 2.45) is 0 Å². The second kappa shape index (κ2) is 6.77. The summed E-state index contributed by atoms with van der Waals surface area (Å²) in [6.45, 7) is 6.86. The first-order valence-corrected chi connectivity index (χ1v) is 8.89. The summed E-state index contributed by atoms with van der Waals surface area (Å²) in [6, 6.07) is 3.95. The monoisotopic (exact) mass is 393 g/mol. The predicted octanol–water partition coefficient (Wildman–Crippen LogP) is 3.97. The summed E-state index contributed by atoms with van der Waals surface area (Å²) >= 11 is 0. The first kappa shape index (κ1) is 20.1. The summed E-state index contributed by atoms with van der Waals surface area (Å²) in [4.78, 5) is 25.5. The Morgan fingerprint density at radius 3 is 2.54 bits per heavy atom. The van der Waals surface area contributed by atoms with Crippen LogP contribution in [0.2, 0.25) is 0 Å². The van der Waals surface area contributed by atoms with Crippen LogP contribution in [-0.4, -0.2) is 42.2 Å². The maximum absolute atomic E-state index is 14.0. The summed E-state index contributed by atoms with van der Waals surface area (Å²) in [5.74, 6) is -2.92. The minimum Gasteiger partial charge on any atom is -0.469 e. The highest BCUT2D eigenvalue weighted by atomic mass is 19.1. The van der Waals surface area contributed by atoms with E-state index < -0.39 is 35.2 Å². The van der Waals surface area contributed by atoms with E-state index in [9.17, 15) is 14.0 Å². The molecular formula is C20H24FNO6. The largest absolute Gasteiger partial charge is 0.469 e. The molecule has 8 heteroatoms. The maximum atomic E-state index is 14.0. The van der Waals surface area contributed by atoms with Gasteiger partial charge in [0.25, 0.3) is 0 Å². The third kappa shape index (κ3) is 3.44. The summed E-state index contributed by atoms with van der Waals surface area (Å²) in [6.07, 6.45) is -0.554. The standard InChI is InChI=1S/C20H24FNO6/c1-19(2,3)28-18(24)22-14-8-7-11(21)9-12(14)15-13(17(23)25-5)10-20(4,26-6)27-16(15)22/h7-9,13H,10H2,1-6H3/t13-,20-/m1/s1. The van der Waals surface area contributed by atoms with E-state index in [2.05, 4.69) is 0 Å². The van der Waals surface area contributed by atoms with Crippen molar-refractivity contribution in [3.63, 3.8) is 0 Å². The lowest BCUT2D eigenvalue weighted by Crippen LogP contribution is -2.42. The van der Waals surface area contributed by atoms with E-state index in [1.165, 1.54) is 37.0 Å².